The van der Waals surface area contributed by atoms with Crippen LogP contribution in [0.3, 0.4) is 0 Å². The number of thioether (sulfide) groups is 1. The highest BCUT2D eigenvalue weighted by molar-refractivity contribution is 8.00. The summed E-state index contributed by atoms with van der Waals surface area (Å²) in [6.45, 7) is 1.76. The highest BCUT2D eigenvalue weighted by atomic mass is 35.5. The van der Waals surface area contributed by atoms with Crippen molar-refractivity contribution < 1.29 is 9.18 Å². The number of carbonyl (C=O) groups is 1. The molecule has 0 aliphatic rings. The Bertz CT molecular complexity index is 1120. The quantitative estimate of drug-likeness (QED) is 0.515. The van der Waals surface area contributed by atoms with E-state index in [1.807, 2.05) is 28.7 Å². The molecule has 0 aliphatic heterocycles. The van der Waals surface area contributed by atoms with Gasteiger partial charge >= 0.3 is 0 Å². The maximum absolute atomic E-state index is 13.1. The average Bonchev–Trinajstić information content (AvgIpc) is 3.17. The summed E-state index contributed by atoms with van der Waals surface area (Å²) in [5, 5.41) is 10.2. The molecule has 2 heterocycles. The summed E-state index contributed by atoms with van der Waals surface area (Å²) in [6.07, 6.45) is 0. The first-order valence-electron chi connectivity index (χ1n) is 7.77. The Morgan fingerprint density at radius 3 is 2.96 bits per heavy atom. The third kappa shape index (κ3) is 3.02. The van der Waals surface area contributed by atoms with Crippen LogP contribution in [-0.4, -0.2) is 30.7 Å². The number of hydrogen-bond donors (Lipinski definition) is 2. The van der Waals surface area contributed by atoms with Gasteiger partial charge in [0, 0.05) is 0 Å². The van der Waals surface area contributed by atoms with Crippen LogP contribution < -0.4 is 5.32 Å². The predicted molar refractivity (Wildman–Crippen MR) is 100 cm³/mol. The first-order valence-corrected chi connectivity index (χ1v) is 9.03. The fourth-order valence-corrected chi connectivity index (χ4v) is 3.64. The second kappa shape index (κ2) is 6.62. The van der Waals surface area contributed by atoms with Gasteiger partial charge in [0.2, 0.25) is 11.7 Å². The van der Waals surface area contributed by atoms with Crippen molar-refractivity contribution >= 4 is 51.8 Å². The number of carbonyl (C=O) groups excluding carboxylic acids is 1. The van der Waals surface area contributed by atoms with E-state index in [2.05, 4.69) is 20.5 Å². The standard InChI is InChI=1S/C17H13ClFN5OS/c1-9(15(25)20-12-7-6-10(19)8-11(12)18)26-17-23-22-16-21-13-4-2-3-5-14(13)24(16)17/h2-9H,1H3,(H,20,25)(H,21,22)/t9-/m1/s1. The van der Waals surface area contributed by atoms with Gasteiger partial charge in [0.15, 0.2) is 5.16 Å². The van der Waals surface area contributed by atoms with Gasteiger partial charge in [0.1, 0.15) is 5.82 Å². The third-order valence-corrected chi connectivity index (χ3v) is 5.21. The average molecular weight is 390 g/mol. The second-order valence-electron chi connectivity index (χ2n) is 5.64. The fraction of sp³-hybridized carbons (Fsp3) is 0.118. The maximum atomic E-state index is 13.1. The van der Waals surface area contributed by atoms with Crippen LogP contribution >= 0.6 is 23.4 Å². The normalized spacial score (nSPS) is 12.6. The van der Waals surface area contributed by atoms with E-state index in [1.165, 1.54) is 23.9 Å². The summed E-state index contributed by atoms with van der Waals surface area (Å²) in [6, 6.07) is 11.5. The lowest BCUT2D eigenvalue weighted by Crippen LogP contribution is -2.22. The lowest BCUT2D eigenvalue weighted by Gasteiger charge is -2.12. The number of nitrogens with zero attached hydrogens (tertiary/aromatic N) is 3. The van der Waals surface area contributed by atoms with Gasteiger partial charge in [-0.05, 0) is 37.3 Å². The van der Waals surface area contributed by atoms with Crippen LogP contribution in [-0.2, 0) is 4.79 Å². The molecule has 26 heavy (non-hydrogen) atoms. The van der Waals surface area contributed by atoms with Crippen LogP contribution in [0.1, 0.15) is 6.92 Å². The van der Waals surface area contributed by atoms with Crippen LogP contribution in [0.15, 0.2) is 47.6 Å². The van der Waals surface area contributed by atoms with Gasteiger partial charge in [0.25, 0.3) is 0 Å². The van der Waals surface area contributed by atoms with Crippen LogP contribution in [0, 0.1) is 5.82 Å². The Hall–Kier alpha value is -2.58. The molecular formula is C17H13ClFN5OS. The molecule has 2 aromatic carbocycles. The molecule has 0 unspecified atom stereocenters. The summed E-state index contributed by atoms with van der Waals surface area (Å²) in [7, 11) is 0. The highest BCUT2D eigenvalue weighted by Crippen LogP contribution is 2.28. The van der Waals surface area contributed by atoms with Gasteiger partial charge in [-0.2, -0.15) is 0 Å². The topological polar surface area (TPSA) is 75.1 Å². The number of halogens is 2. The van der Waals surface area contributed by atoms with Gasteiger partial charge in [-0.3, -0.25) is 9.20 Å². The lowest BCUT2D eigenvalue weighted by molar-refractivity contribution is -0.115. The van der Waals surface area contributed by atoms with Gasteiger partial charge in [-0.15, -0.1) is 5.10 Å². The van der Waals surface area contributed by atoms with E-state index in [0.717, 1.165) is 17.1 Å². The number of amides is 1. The molecule has 0 spiro atoms. The first-order chi connectivity index (χ1) is 12.5. The number of para-hydroxylation sites is 2. The maximum Gasteiger partial charge on any atom is 0.237 e. The number of aromatic nitrogens is 4. The number of anilines is 1. The monoisotopic (exact) mass is 389 g/mol. The summed E-state index contributed by atoms with van der Waals surface area (Å²) < 4.78 is 15.0. The molecule has 6 nitrogen and oxygen atoms in total. The van der Waals surface area contributed by atoms with Gasteiger partial charge < -0.3 is 5.32 Å². The summed E-state index contributed by atoms with van der Waals surface area (Å²) in [5.74, 6) is -0.103. The zero-order valence-electron chi connectivity index (χ0n) is 13.5. The second-order valence-corrected chi connectivity index (χ2v) is 7.35. The van der Waals surface area contributed by atoms with Crippen LogP contribution in [0.4, 0.5) is 10.1 Å². The molecule has 0 fully saturated rings. The van der Waals surface area contributed by atoms with Gasteiger partial charge in [-0.25, -0.2) is 14.5 Å². The number of rotatable bonds is 4. The molecule has 1 amide bonds. The summed E-state index contributed by atoms with van der Waals surface area (Å²) >= 11 is 7.25. The SMILES string of the molecule is C[C@@H](Sc1n[nH]c2nc3ccccc3n12)C(=O)Nc1ccc(F)cc1Cl. The van der Waals surface area contributed by atoms with Gasteiger partial charge in [-0.1, -0.05) is 35.5 Å². The molecule has 0 bridgehead atoms. The first kappa shape index (κ1) is 16.9. The van der Waals surface area contributed by atoms with Gasteiger partial charge in [0.05, 0.1) is 27.0 Å². The summed E-state index contributed by atoms with van der Waals surface area (Å²) in [4.78, 5) is 16.9. The minimum atomic E-state index is -0.457. The Balaban J connectivity index is 1.57. The van der Waals surface area contributed by atoms with Crippen molar-refractivity contribution in [1.82, 2.24) is 19.6 Å². The molecule has 2 N–H and O–H groups in total. The zero-order chi connectivity index (χ0) is 18.3. The van der Waals surface area contributed by atoms with Crippen molar-refractivity contribution in [3.63, 3.8) is 0 Å². The molecule has 4 rings (SSSR count). The third-order valence-electron chi connectivity index (χ3n) is 3.84. The van der Waals surface area contributed by atoms with Crippen molar-refractivity contribution in [3.8, 4) is 0 Å². The molecule has 132 valence electrons. The molecule has 1 atom stereocenters. The van der Waals surface area contributed by atoms with E-state index in [9.17, 15) is 9.18 Å². The molecule has 2 aromatic heterocycles. The van der Waals surface area contributed by atoms with Crippen molar-refractivity contribution in [2.75, 3.05) is 5.32 Å². The molecule has 0 saturated carbocycles. The molecule has 0 radical (unpaired) electrons. The van der Waals surface area contributed by atoms with E-state index in [1.54, 1.807) is 6.92 Å². The van der Waals surface area contributed by atoms with E-state index in [-0.39, 0.29) is 10.9 Å². The van der Waals surface area contributed by atoms with Crippen LogP contribution in [0.25, 0.3) is 16.8 Å². The number of H-pyrrole nitrogens is 1. The minimum absolute atomic E-state index is 0.151. The smallest absolute Gasteiger partial charge is 0.237 e. The number of nitrogens with one attached hydrogen (secondary N) is 2. The number of benzene rings is 2. The fourth-order valence-electron chi connectivity index (χ4n) is 2.56. The van der Waals surface area contributed by atoms with Crippen molar-refractivity contribution in [1.29, 1.82) is 0 Å². The Morgan fingerprint density at radius 2 is 2.15 bits per heavy atom. The lowest BCUT2D eigenvalue weighted by atomic mass is 10.3. The zero-order valence-corrected chi connectivity index (χ0v) is 15.1. The Morgan fingerprint density at radius 1 is 1.35 bits per heavy atom. The van der Waals surface area contributed by atoms with Crippen molar-refractivity contribution in [3.05, 3.63) is 53.3 Å². The van der Waals surface area contributed by atoms with E-state index in [4.69, 9.17) is 11.6 Å². The van der Waals surface area contributed by atoms with E-state index < -0.39 is 11.1 Å². The molecule has 9 heteroatoms. The Labute approximate surface area is 156 Å². The number of hydrogen-bond acceptors (Lipinski definition) is 4. The summed E-state index contributed by atoms with van der Waals surface area (Å²) in [5.41, 5.74) is 2.12. The minimum Gasteiger partial charge on any atom is -0.324 e. The largest absolute Gasteiger partial charge is 0.324 e. The predicted octanol–water partition coefficient (Wildman–Crippen LogP) is 4.12. The Kier molecular flexibility index (Phi) is 4.29. The van der Waals surface area contributed by atoms with E-state index in [0.29, 0.717) is 16.6 Å². The highest BCUT2D eigenvalue weighted by Gasteiger charge is 2.20. The van der Waals surface area contributed by atoms with E-state index >= 15 is 0 Å². The van der Waals surface area contributed by atoms with Crippen LogP contribution in [0.2, 0.25) is 5.02 Å². The van der Waals surface area contributed by atoms with Crippen molar-refractivity contribution in [2.24, 2.45) is 0 Å². The number of imidazole rings is 1. The van der Waals surface area contributed by atoms with Crippen LogP contribution in [0.5, 0.6) is 0 Å². The molecule has 4 aromatic rings. The van der Waals surface area contributed by atoms with Crippen molar-refractivity contribution in [2.45, 2.75) is 17.3 Å². The molecule has 0 aliphatic carbocycles. The number of fused-ring (bicyclic) bond motifs is 3. The molecular weight excluding hydrogens is 377 g/mol. The molecule has 0 saturated heterocycles. The number of aromatic amines is 1.